The zero-order valence-electron chi connectivity index (χ0n) is 14.5. The van der Waals surface area contributed by atoms with Gasteiger partial charge in [0.15, 0.2) is 11.6 Å². The molecule has 1 aromatic heterocycles. The molecule has 1 saturated heterocycles. The minimum atomic E-state index is -0.502. The largest absolute Gasteiger partial charge is 0.445 e. The predicted molar refractivity (Wildman–Crippen MR) is 89.3 cm³/mol. The Morgan fingerprint density at radius 1 is 1.32 bits per heavy atom. The summed E-state index contributed by atoms with van der Waals surface area (Å²) in [5.41, 5.74) is 0.493. The third-order valence-corrected chi connectivity index (χ3v) is 4.78. The SMILES string of the molecule is Cc1nc(C(=O)N2CCC[C@H](CCc3c(F)cccc3F)C2)c(C)o1. The summed E-state index contributed by atoms with van der Waals surface area (Å²) in [6.45, 7) is 4.70. The molecule has 2 heterocycles. The lowest BCUT2D eigenvalue weighted by Crippen LogP contribution is -2.40. The predicted octanol–water partition coefficient (Wildman–Crippen LogP) is 4.05. The normalized spacial score (nSPS) is 17.8. The van der Waals surface area contributed by atoms with Crippen molar-refractivity contribution in [1.29, 1.82) is 0 Å². The van der Waals surface area contributed by atoms with Crippen molar-refractivity contribution in [3.8, 4) is 0 Å². The number of aromatic nitrogens is 1. The fourth-order valence-corrected chi connectivity index (χ4v) is 3.48. The van der Waals surface area contributed by atoms with E-state index in [1.165, 1.54) is 18.2 Å². The number of halogens is 2. The Balaban J connectivity index is 1.63. The summed E-state index contributed by atoms with van der Waals surface area (Å²) in [4.78, 5) is 18.6. The molecule has 0 N–H and O–H groups in total. The summed E-state index contributed by atoms with van der Waals surface area (Å²) in [7, 11) is 0. The van der Waals surface area contributed by atoms with E-state index in [-0.39, 0.29) is 17.4 Å². The molecule has 1 aliphatic heterocycles. The van der Waals surface area contributed by atoms with E-state index in [2.05, 4.69) is 4.98 Å². The average Bonchev–Trinajstić information content (AvgIpc) is 2.92. The van der Waals surface area contributed by atoms with Crippen molar-refractivity contribution in [1.82, 2.24) is 9.88 Å². The number of carbonyl (C=O) groups excluding carboxylic acids is 1. The molecule has 1 fully saturated rings. The van der Waals surface area contributed by atoms with Crippen LogP contribution in [0.15, 0.2) is 22.6 Å². The number of benzene rings is 1. The second-order valence-corrected chi connectivity index (χ2v) is 6.64. The number of amides is 1. The zero-order chi connectivity index (χ0) is 18.0. The lowest BCUT2D eigenvalue weighted by molar-refractivity contribution is 0.0661. The van der Waals surface area contributed by atoms with Crippen LogP contribution in [0.1, 0.15) is 47.0 Å². The minimum absolute atomic E-state index is 0.129. The van der Waals surface area contributed by atoms with E-state index in [0.717, 1.165) is 12.8 Å². The maximum Gasteiger partial charge on any atom is 0.276 e. The fourth-order valence-electron chi connectivity index (χ4n) is 3.48. The van der Waals surface area contributed by atoms with Crippen molar-refractivity contribution in [3.05, 3.63) is 52.7 Å². The van der Waals surface area contributed by atoms with E-state index in [1.54, 1.807) is 18.7 Å². The molecule has 2 aromatic rings. The van der Waals surface area contributed by atoms with Gasteiger partial charge in [0.25, 0.3) is 5.91 Å². The Kier molecular flexibility index (Phi) is 5.16. The Labute approximate surface area is 145 Å². The van der Waals surface area contributed by atoms with Crippen LogP contribution in [0.2, 0.25) is 0 Å². The molecule has 0 saturated carbocycles. The Bertz CT molecular complexity index is 753. The van der Waals surface area contributed by atoms with Crippen molar-refractivity contribution >= 4 is 5.91 Å². The Hall–Kier alpha value is -2.24. The highest BCUT2D eigenvalue weighted by atomic mass is 19.1. The number of rotatable bonds is 4. The number of likely N-dealkylation sites (tertiary alicyclic amines) is 1. The minimum Gasteiger partial charge on any atom is -0.445 e. The smallest absolute Gasteiger partial charge is 0.276 e. The van der Waals surface area contributed by atoms with Crippen LogP contribution in [-0.4, -0.2) is 28.9 Å². The highest BCUT2D eigenvalue weighted by Crippen LogP contribution is 2.25. The molecular weight excluding hydrogens is 326 g/mol. The summed E-state index contributed by atoms with van der Waals surface area (Å²) in [5, 5.41) is 0. The van der Waals surface area contributed by atoms with E-state index in [1.807, 2.05) is 0 Å². The lowest BCUT2D eigenvalue weighted by atomic mass is 9.91. The molecule has 6 heteroatoms. The van der Waals surface area contributed by atoms with Crippen molar-refractivity contribution in [2.24, 2.45) is 5.92 Å². The van der Waals surface area contributed by atoms with Gasteiger partial charge in [-0.1, -0.05) is 6.07 Å². The highest BCUT2D eigenvalue weighted by molar-refractivity contribution is 5.93. The van der Waals surface area contributed by atoms with E-state index in [4.69, 9.17) is 4.42 Å². The summed E-state index contributed by atoms with van der Waals surface area (Å²) in [6.07, 6.45) is 2.83. The van der Waals surface area contributed by atoms with Crippen LogP contribution >= 0.6 is 0 Å². The number of aryl methyl sites for hydroxylation is 2. The van der Waals surface area contributed by atoms with E-state index in [0.29, 0.717) is 43.3 Å². The van der Waals surface area contributed by atoms with Gasteiger partial charge in [0.05, 0.1) is 0 Å². The number of piperidine rings is 1. The third kappa shape index (κ3) is 3.89. The van der Waals surface area contributed by atoms with Crippen molar-refractivity contribution < 1.29 is 18.0 Å². The van der Waals surface area contributed by atoms with Crippen LogP contribution in [-0.2, 0) is 6.42 Å². The molecular formula is C19H22F2N2O2. The second-order valence-electron chi connectivity index (χ2n) is 6.64. The van der Waals surface area contributed by atoms with Crippen LogP contribution < -0.4 is 0 Å². The zero-order valence-corrected chi connectivity index (χ0v) is 14.5. The van der Waals surface area contributed by atoms with E-state index >= 15 is 0 Å². The number of oxazole rings is 1. The molecule has 0 unspecified atom stereocenters. The van der Waals surface area contributed by atoms with Crippen LogP contribution in [0.5, 0.6) is 0 Å². The van der Waals surface area contributed by atoms with Gasteiger partial charge >= 0.3 is 0 Å². The molecule has 134 valence electrons. The number of nitrogens with zero attached hydrogens (tertiary/aromatic N) is 2. The molecule has 1 amide bonds. The maximum absolute atomic E-state index is 13.8. The molecule has 1 atom stereocenters. The van der Waals surface area contributed by atoms with Gasteiger partial charge < -0.3 is 9.32 Å². The van der Waals surface area contributed by atoms with Gasteiger partial charge in [-0.25, -0.2) is 13.8 Å². The van der Waals surface area contributed by atoms with Crippen molar-refractivity contribution in [2.45, 2.75) is 39.5 Å². The van der Waals surface area contributed by atoms with Gasteiger partial charge in [0, 0.05) is 25.6 Å². The quantitative estimate of drug-likeness (QED) is 0.837. The van der Waals surface area contributed by atoms with Crippen LogP contribution in [0.3, 0.4) is 0 Å². The highest BCUT2D eigenvalue weighted by Gasteiger charge is 2.27. The first kappa shape index (κ1) is 17.6. The van der Waals surface area contributed by atoms with Gasteiger partial charge in [0.2, 0.25) is 0 Å². The molecule has 4 nitrogen and oxygen atoms in total. The van der Waals surface area contributed by atoms with Gasteiger partial charge in [-0.15, -0.1) is 0 Å². The standard InChI is InChI=1S/C19H22F2N2O2/c1-12-18(22-13(2)25-12)19(24)23-10-4-5-14(11-23)8-9-15-16(20)6-3-7-17(15)21/h3,6-7,14H,4-5,8-11H2,1-2H3/t14-/m1/s1. The first-order valence-electron chi connectivity index (χ1n) is 8.62. The molecule has 1 aromatic carbocycles. The molecule has 0 spiro atoms. The third-order valence-electron chi connectivity index (χ3n) is 4.78. The van der Waals surface area contributed by atoms with E-state index in [9.17, 15) is 13.6 Å². The Morgan fingerprint density at radius 2 is 2.04 bits per heavy atom. The topological polar surface area (TPSA) is 46.3 Å². The summed E-state index contributed by atoms with van der Waals surface area (Å²) in [6, 6.07) is 3.94. The van der Waals surface area contributed by atoms with Gasteiger partial charge in [0.1, 0.15) is 17.4 Å². The summed E-state index contributed by atoms with van der Waals surface area (Å²) in [5.74, 6) is 0.0958. The lowest BCUT2D eigenvalue weighted by Gasteiger charge is -2.32. The molecule has 0 aliphatic carbocycles. The molecule has 3 rings (SSSR count). The maximum atomic E-state index is 13.8. The average molecular weight is 348 g/mol. The molecule has 0 radical (unpaired) electrons. The van der Waals surface area contributed by atoms with Crippen LogP contribution in [0, 0.1) is 31.4 Å². The Morgan fingerprint density at radius 3 is 2.68 bits per heavy atom. The molecule has 25 heavy (non-hydrogen) atoms. The van der Waals surface area contributed by atoms with E-state index < -0.39 is 11.6 Å². The molecule has 1 aliphatic rings. The fraction of sp³-hybridized carbons (Fsp3) is 0.474. The van der Waals surface area contributed by atoms with Gasteiger partial charge in [-0.3, -0.25) is 4.79 Å². The summed E-state index contributed by atoms with van der Waals surface area (Å²) < 4.78 is 32.9. The van der Waals surface area contributed by atoms with Crippen molar-refractivity contribution in [2.75, 3.05) is 13.1 Å². The van der Waals surface area contributed by atoms with Crippen LogP contribution in [0.25, 0.3) is 0 Å². The summed E-state index contributed by atoms with van der Waals surface area (Å²) >= 11 is 0. The van der Waals surface area contributed by atoms with Crippen molar-refractivity contribution in [3.63, 3.8) is 0 Å². The first-order chi connectivity index (χ1) is 12.0. The number of hydrogen-bond acceptors (Lipinski definition) is 3. The van der Waals surface area contributed by atoms with Gasteiger partial charge in [-0.05, 0) is 50.7 Å². The first-order valence-corrected chi connectivity index (χ1v) is 8.62. The molecule has 0 bridgehead atoms. The van der Waals surface area contributed by atoms with Crippen LogP contribution in [0.4, 0.5) is 8.78 Å². The number of hydrogen-bond donors (Lipinski definition) is 0. The second kappa shape index (κ2) is 7.33. The van der Waals surface area contributed by atoms with Gasteiger partial charge in [-0.2, -0.15) is 0 Å². The number of carbonyl (C=O) groups is 1. The monoisotopic (exact) mass is 348 g/mol.